The number of benzene rings is 3. The van der Waals surface area contributed by atoms with Crippen LogP contribution in [0.5, 0.6) is 5.75 Å². The van der Waals surface area contributed by atoms with Gasteiger partial charge in [-0.2, -0.15) is 0 Å². The van der Waals surface area contributed by atoms with Crippen LogP contribution in [0.15, 0.2) is 89.8 Å². The molecule has 0 radical (unpaired) electrons. The molecule has 0 spiro atoms. The van der Waals surface area contributed by atoms with Gasteiger partial charge in [-0.3, -0.25) is 0 Å². The second kappa shape index (κ2) is 8.67. The summed E-state index contributed by atoms with van der Waals surface area (Å²) in [4.78, 5) is -0.572. The molecule has 3 aromatic rings. The van der Waals surface area contributed by atoms with Crippen LogP contribution in [0.3, 0.4) is 0 Å². The van der Waals surface area contributed by atoms with Crippen LogP contribution in [0.4, 0.5) is 13.2 Å². The van der Waals surface area contributed by atoms with E-state index in [4.69, 9.17) is 0 Å². The lowest BCUT2D eigenvalue weighted by Crippen LogP contribution is -2.30. The molecule has 0 fully saturated rings. The van der Waals surface area contributed by atoms with Gasteiger partial charge in [0.05, 0.1) is 0 Å². The highest BCUT2D eigenvalue weighted by atomic mass is 32.2. The first-order valence-electron chi connectivity index (χ1n) is 8.70. The molecule has 0 bridgehead atoms. The smallest absolute Gasteiger partial charge is 0.404 e. The topological polar surface area (TPSA) is 55.4 Å². The van der Waals surface area contributed by atoms with Crippen LogP contribution >= 0.6 is 0 Å². The van der Waals surface area contributed by atoms with Crippen molar-refractivity contribution in [3.05, 3.63) is 96.1 Å². The van der Waals surface area contributed by atoms with Gasteiger partial charge in [0, 0.05) is 12.5 Å². The molecule has 4 nitrogen and oxygen atoms in total. The highest BCUT2D eigenvalue weighted by Crippen LogP contribution is 2.30. The minimum atomic E-state index is -5.00. The van der Waals surface area contributed by atoms with Gasteiger partial charge in [0.25, 0.3) is 0 Å². The first-order chi connectivity index (χ1) is 13.8. The van der Waals surface area contributed by atoms with Crippen molar-refractivity contribution in [3.63, 3.8) is 0 Å². The van der Waals surface area contributed by atoms with Crippen LogP contribution in [0, 0.1) is 0 Å². The van der Waals surface area contributed by atoms with Crippen molar-refractivity contribution in [1.82, 2.24) is 4.72 Å². The largest absolute Gasteiger partial charge is 0.573 e. The van der Waals surface area contributed by atoms with Gasteiger partial charge in [-0.1, -0.05) is 72.8 Å². The zero-order valence-electron chi connectivity index (χ0n) is 15.1. The van der Waals surface area contributed by atoms with E-state index < -0.39 is 27.0 Å². The minimum Gasteiger partial charge on any atom is -0.404 e. The fraction of sp³-hybridized carbons (Fsp3) is 0.143. The summed E-state index contributed by atoms with van der Waals surface area (Å²) in [5, 5.41) is 0. The molecule has 0 amide bonds. The lowest BCUT2D eigenvalue weighted by atomic mass is 9.92. The SMILES string of the molecule is O=S(=O)(NCC(c1ccccc1)c1ccccc1)c1ccccc1OC(F)(F)F. The van der Waals surface area contributed by atoms with Crippen molar-refractivity contribution in [3.8, 4) is 5.75 Å². The van der Waals surface area contributed by atoms with Crippen molar-refractivity contribution >= 4 is 10.0 Å². The third-order valence-electron chi connectivity index (χ3n) is 4.25. The molecule has 8 heteroatoms. The maximum atomic E-state index is 12.7. The highest BCUT2D eigenvalue weighted by molar-refractivity contribution is 7.89. The van der Waals surface area contributed by atoms with E-state index >= 15 is 0 Å². The summed E-state index contributed by atoms with van der Waals surface area (Å²) in [6.45, 7) is -0.0310. The predicted octanol–water partition coefficient (Wildman–Crippen LogP) is 4.70. The molecule has 3 aromatic carbocycles. The third kappa shape index (κ3) is 5.58. The Morgan fingerprint density at radius 3 is 1.79 bits per heavy atom. The summed E-state index contributed by atoms with van der Waals surface area (Å²) >= 11 is 0. The molecule has 152 valence electrons. The van der Waals surface area contributed by atoms with Crippen molar-refractivity contribution in [2.24, 2.45) is 0 Å². The third-order valence-corrected chi connectivity index (χ3v) is 5.71. The molecule has 0 saturated heterocycles. The van der Waals surface area contributed by atoms with Crippen molar-refractivity contribution in [1.29, 1.82) is 0 Å². The van der Waals surface area contributed by atoms with Gasteiger partial charge in [-0.05, 0) is 23.3 Å². The molecule has 0 saturated carbocycles. The first kappa shape index (κ1) is 20.9. The second-order valence-electron chi connectivity index (χ2n) is 6.22. The Bertz CT molecular complexity index is 1000. The van der Waals surface area contributed by atoms with E-state index in [0.717, 1.165) is 23.3 Å². The summed E-state index contributed by atoms with van der Waals surface area (Å²) in [5.41, 5.74) is 1.75. The number of halogens is 3. The molecule has 0 aliphatic heterocycles. The zero-order valence-corrected chi connectivity index (χ0v) is 16.0. The van der Waals surface area contributed by atoms with Gasteiger partial charge < -0.3 is 4.74 Å². The summed E-state index contributed by atoms with van der Waals surface area (Å²) in [6.07, 6.45) is -5.00. The number of hydrogen-bond acceptors (Lipinski definition) is 3. The lowest BCUT2D eigenvalue weighted by molar-refractivity contribution is -0.275. The van der Waals surface area contributed by atoms with E-state index in [-0.39, 0.29) is 12.5 Å². The number of ether oxygens (including phenoxy) is 1. The average Bonchev–Trinajstić information content (AvgIpc) is 2.69. The van der Waals surface area contributed by atoms with E-state index in [0.29, 0.717) is 0 Å². The zero-order chi connectivity index (χ0) is 20.9. The molecule has 0 unspecified atom stereocenters. The van der Waals surface area contributed by atoms with Crippen molar-refractivity contribution < 1.29 is 26.3 Å². The fourth-order valence-corrected chi connectivity index (χ4v) is 4.12. The quantitative estimate of drug-likeness (QED) is 0.602. The van der Waals surface area contributed by atoms with Crippen molar-refractivity contribution in [2.75, 3.05) is 6.54 Å². The number of para-hydroxylation sites is 1. The highest BCUT2D eigenvalue weighted by Gasteiger charge is 2.34. The van der Waals surface area contributed by atoms with E-state index in [2.05, 4.69) is 9.46 Å². The molecule has 0 aromatic heterocycles. The van der Waals surface area contributed by atoms with E-state index in [9.17, 15) is 21.6 Å². The summed E-state index contributed by atoms with van der Waals surface area (Å²) in [7, 11) is -4.25. The number of rotatable bonds is 7. The van der Waals surface area contributed by atoms with Crippen LogP contribution < -0.4 is 9.46 Å². The summed E-state index contributed by atoms with van der Waals surface area (Å²) < 4.78 is 69.7. The lowest BCUT2D eigenvalue weighted by Gasteiger charge is -2.20. The van der Waals surface area contributed by atoms with Gasteiger partial charge in [0.2, 0.25) is 10.0 Å². The van der Waals surface area contributed by atoms with Crippen LogP contribution in [0.2, 0.25) is 0 Å². The van der Waals surface area contributed by atoms with Crippen LogP contribution in [-0.4, -0.2) is 21.3 Å². The standard InChI is InChI=1S/C21H18F3NO3S/c22-21(23,24)28-19-13-7-8-14-20(19)29(26,27)25-15-18(16-9-3-1-4-10-16)17-11-5-2-6-12-17/h1-14,18,25H,15H2. The molecular formula is C21H18F3NO3S. The number of hydrogen-bond donors (Lipinski definition) is 1. The average molecular weight is 421 g/mol. The Kier molecular flexibility index (Phi) is 6.24. The summed E-state index contributed by atoms with van der Waals surface area (Å²) in [6, 6.07) is 23.2. The molecular weight excluding hydrogens is 403 g/mol. The second-order valence-corrected chi connectivity index (χ2v) is 7.96. The Hall–Kier alpha value is -2.84. The van der Waals surface area contributed by atoms with Crippen LogP contribution in [-0.2, 0) is 10.0 Å². The molecule has 0 aliphatic rings. The number of sulfonamides is 1. The van der Waals surface area contributed by atoms with E-state index in [1.165, 1.54) is 12.1 Å². The van der Waals surface area contributed by atoms with E-state index in [1.807, 2.05) is 60.7 Å². The Morgan fingerprint density at radius 2 is 1.28 bits per heavy atom. The van der Waals surface area contributed by atoms with Crippen molar-refractivity contribution in [2.45, 2.75) is 17.2 Å². The molecule has 0 heterocycles. The molecule has 29 heavy (non-hydrogen) atoms. The molecule has 3 rings (SSSR count). The first-order valence-corrected chi connectivity index (χ1v) is 10.2. The summed E-state index contributed by atoms with van der Waals surface area (Å²) in [5.74, 6) is -1.09. The van der Waals surface area contributed by atoms with Gasteiger partial charge in [0.15, 0.2) is 0 Å². The monoisotopic (exact) mass is 421 g/mol. The van der Waals surface area contributed by atoms with Gasteiger partial charge in [-0.25, -0.2) is 13.1 Å². The Labute approximate surface area is 167 Å². The van der Waals surface area contributed by atoms with Gasteiger partial charge in [0.1, 0.15) is 10.6 Å². The van der Waals surface area contributed by atoms with Gasteiger partial charge in [-0.15, -0.1) is 13.2 Å². The fourth-order valence-electron chi connectivity index (χ4n) is 2.95. The molecule has 0 aliphatic carbocycles. The maximum absolute atomic E-state index is 12.7. The Morgan fingerprint density at radius 1 is 0.793 bits per heavy atom. The number of alkyl halides is 3. The predicted molar refractivity (Wildman–Crippen MR) is 103 cm³/mol. The van der Waals surface area contributed by atoms with E-state index in [1.54, 1.807) is 0 Å². The van der Waals surface area contributed by atoms with Gasteiger partial charge >= 0.3 is 6.36 Å². The molecule has 0 atom stereocenters. The van der Waals surface area contributed by atoms with Crippen LogP contribution in [0.1, 0.15) is 17.0 Å². The number of nitrogens with one attached hydrogen (secondary N) is 1. The van der Waals surface area contributed by atoms with Crippen LogP contribution in [0.25, 0.3) is 0 Å². The maximum Gasteiger partial charge on any atom is 0.573 e. The Balaban J connectivity index is 1.88. The minimum absolute atomic E-state index is 0.0310. The normalized spacial score (nSPS) is 12.1. The molecule has 1 N–H and O–H groups in total.